The molecule has 6 nitrogen and oxygen atoms in total. The van der Waals surface area contributed by atoms with E-state index < -0.39 is 0 Å². The van der Waals surface area contributed by atoms with Crippen LogP contribution in [0, 0.1) is 0 Å². The molecule has 1 aromatic carbocycles. The van der Waals surface area contributed by atoms with Gasteiger partial charge >= 0.3 is 0 Å². The van der Waals surface area contributed by atoms with Crippen LogP contribution < -0.4 is 0 Å². The molecule has 26 heavy (non-hydrogen) atoms. The number of nitrogens with zero attached hydrogens (tertiary/aromatic N) is 4. The van der Waals surface area contributed by atoms with Crippen molar-refractivity contribution >= 4 is 12.0 Å². The van der Waals surface area contributed by atoms with E-state index in [4.69, 9.17) is 4.74 Å². The van der Waals surface area contributed by atoms with Gasteiger partial charge in [0.05, 0.1) is 24.9 Å². The maximum Gasteiger partial charge on any atom is 0.247 e. The zero-order valence-corrected chi connectivity index (χ0v) is 15.6. The molecular formula is C20H26N4O2. The summed E-state index contributed by atoms with van der Waals surface area (Å²) in [6.07, 6.45) is 7.21. The van der Waals surface area contributed by atoms with E-state index in [9.17, 15) is 4.79 Å². The Labute approximate surface area is 154 Å². The number of aryl methyl sites for hydroxylation is 1. The van der Waals surface area contributed by atoms with Crippen molar-refractivity contribution in [3.63, 3.8) is 0 Å². The fourth-order valence-corrected chi connectivity index (χ4v) is 3.31. The van der Waals surface area contributed by atoms with E-state index in [1.807, 2.05) is 74.8 Å². The number of carbonyl (C=O) groups is 1. The van der Waals surface area contributed by atoms with Gasteiger partial charge in [-0.3, -0.25) is 9.48 Å². The van der Waals surface area contributed by atoms with Crippen molar-refractivity contribution in [1.82, 2.24) is 19.6 Å². The van der Waals surface area contributed by atoms with Gasteiger partial charge < -0.3 is 14.5 Å². The van der Waals surface area contributed by atoms with E-state index in [0.717, 1.165) is 17.7 Å². The Hall–Kier alpha value is -2.44. The van der Waals surface area contributed by atoms with Gasteiger partial charge in [-0.25, -0.2) is 0 Å². The predicted octanol–water partition coefficient (Wildman–Crippen LogP) is 1.96. The number of benzene rings is 1. The number of ether oxygens (including phenoxy) is 1. The molecule has 1 aliphatic heterocycles. The zero-order chi connectivity index (χ0) is 18.5. The number of aromatic nitrogens is 2. The minimum atomic E-state index is -0.146. The number of rotatable bonds is 5. The van der Waals surface area contributed by atoms with Crippen LogP contribution in [0.4, 0.5) is 0 Å². The smallest absolute Gasteiger partial charge is 0.247 e. The first-order valence-corrected chi connectivity index (χ1v) is 8.83. The Morgan fingerprint density at radius 1 is 1.35 bits per heavy atom. The van der Waals surface area contributed by atoms with E-state index in [1.165, 1.54) is 0 Å². The van der Waals surface area contributed by atoms with Crippen LogP contribution in [0.2, 0.25) is 0 Å². The molecule has 2 heterocycles. The van der Waals surface area contributed by atoms with Gasteiger partial charge in [-0.15, -0.1) is 0 Å². The summed E-state index contributed by atoms with van der Waals surface area (Å²) >= 11 is 0. The highest BCUT2D eigenvalue weighted by molar-refractivity contribution is 5.92. The minimum Gasteiger partial charge on any atom is -0.373 e. The number of hydrogen-bond donors (Lipinski definition) is 0. The lowest BCUT2D eigenvalue weighted by Crippen LogP contribution is -2.50. The molecule has 1 aromatic heterocycles. The number of carbonyl (C=O) groups excluding carboxylic acids is 1. The zero-order valence-electron chi connectivity index (χ0n) is 15.6. The summed E-state index contributed by atoms with van der Waals surface area (Å²) in [6, 6.07) is 9.71. The Kier molecular flexibility index (Phi) is 5.85. The first-order chi connectivity index (χ1) is 12.5. The topological polar surface area (TPSA) is 50.6 Å². The van der Waals surface area contributed by atoms with Crippen molar-refractivity contribution in [2.75, 3.05) is 33.8 Å². The Balaban J connectivity index is 1.84. The molecule has 0 aliphatic carbocycles. The Morgan fingerprint density at radius 2 is 2.12 bits per heavy atom. The summed E-state index contributed by atoms with van der Waals surface area (Å²) in [7, 11) is 5.91. The van der Waals surface area contributed by atoms with Crippen molar-refractivity contribution < 1.29 is 9.53 Å². The van der Waals surface area contributed by atoms with Crippen LogP contribution >= 0.6 is 0 Å². The maximum absolute atomic E-state index is 12.9. The van der Waals surface area contributed by atoms with Gasteiger partial charge in [0.1, 0.15) is 0 Å². The fraction of sp³-hybridized carbons (Fsp3) is 0.400. The number of likely N-dealkylation sites (N-methyl/N-ethyl adjacent to an activating group) is 1. The molecule has 1 aliphatic rings. The molecule has 0 radical (unpaired) electrons. The lowest BCUT2D eigenvalue weighted by atomic mass is 10.00. The normalized spacial score (nSPS) is 20.8. The van der Waals surface area contributed by atoms with Crippen LogP contribution in [0.3, 0.4) is 0 Å². The molecule has 0 N–H and O–H groups in total. The summed E-state index contributed by atoms with van der Waals surface area (Å²) in [4.78, 5) is 16.9. The van der Waals surface area contributed by atoms with E-state index >= 15 is 0 Å². The maximum atomic E-state index is 12.9. The average Bonchev–Trinajstić information content (AvgIpc) is 3.06. The lowest BCUT2D eigenvalue weighted by Gasteiger charge is -2.41. The molecule has 1 fully saturated rings. The molecule has 0 bridgehead atoms. The quantitative estimate of drug-likeness (QED) is 0.771. The second-order valence-electron chi connectivity index (χ2n) is 6.84. The van der Waals surface area contributed by atoms with Crippen molar-refractivity contribution in [3.05, 3.63) is 59.9 Å². The lowest BCUT2D eigenvalue weighted by molar-refractivity contribution is -0.142. The van der Waals surface area contributed by atoms with Crippen LogP contribution in [-0.2, 0) is 16.6 Å². The number of morpholine rings is 1. The van der Waals surface area contributed by atoms with Crippen LogP contribution in [-0.4, -0.2) is 65.4 Å². The van der Waals surface area contributed by atoms with Crippen LogP contribution in [0.25, 0.3) is 6.08 Å². The summed E-state index contributed by atoms with van der Waals surface area (Å²) in [5.41, 5.74) is 2.01. The van der Waals surface area contributed by atoms with Gasteiger partial charge in [0.15, 0.2) is 0 Å². The highest BCUT2D eigenvalue weighted by Gasteiger charge is 2.36. The molecule has 2 aromatic rings. The highest BCUT2D eigenvalue weighted by Crippen LogP contribution is 2.30. The van der Waals surface area contributed by atoms with Gasteiger partial charge in [0.2, 0.25) is 5.91 Å². The molecule has 138 valence electrons. The third-order valence-electron chi connectivity index (χ3n) is 4.46. The average molecular weight is 354 g/mol. The summed E-state index contributed by atoms with van der Waals surface area (Å²) in [5.74, 6) is -0.00485. The molecule has 0 spiro atoms. The fourth-order valence-electron chi connectivity index (χ4n) is 3.31. The largest absolute Gasteiger partial charge is 0.373 e. The number of hydrogen-bond acceptors (Lipinski definition) is 4. The third kappa shape index (κ3) is 4.39. The standard InChI is InChI=1S/C20H26N4O2/c1-22(2)15-18-20(17-13-21-23(3)14-17)24(11-12-26-18)19(25)10-9-16-7-5-4-6-8-16/h4-10,13-14,18,20H,11-12,15H2,1-3H3/t18-,20-/m0/s1. The summed E-state index contributed by atoms with van der Waals surface area (Å²) in [6.45, 7) is 1.85. The third-order valence-corrected chi connectivity index (χ3v) is 4.46. The van der Waals surface area contributed by atoms with Crippen molar-refractivity contribution in [1.29, 1.82) is 0 Å². The Morgan fingerprint density at radius 3 is 2.77 bits per heavy atom. The molecule has 0 unspecified atom stereocenters. The summed E-state index contributed by atoms with van der Waals surface area (Å²) < 4.78 is 7.77. The minimum absolute atomic E-state index is 0.00485. The van der Waals surface area contributed by atoms with Gasteiger partial charge in [0, 0.05) is 38.0 Å². The van der Waals surface area contributed by atoms with E-state index in [0.29, 0.717) is 13.2 Å². The molecule has 6 heteroatoms. The highest BCUT2D eigenvalue weighted by atomic mass is 16.5. The van der Waals surface area contributed by atoms with Crippen molar-refractivity contribution in [3.8, 4) is 0 Å². The molecule has 1 amide bonds. The second kappa shape index (κ2) is 8.29. The second-order valence-corrected chi connectivity index (χ2v) is 6.84. The summed E-state index contributed by atoms with van der Waals surface area (Å²) in [5, 5.41) is 4.28. The van der Waals surface area contributed by atoms with Crippen molar-refractivity contribution in [2.24, 2.45) is 7.05 Å². The van der Waals surface area contributed by atoms with Crippen LogP contribution in [0.1, 0.15) is 17.2 Å². The van der Waals surface area contributed by atoms with Gasteiger partial charge in [0.25, 0.3) is 0 Å². The van der Waals surface area contributed by atoms with Crippen LogP contribution in [0.5, 0.6) is 0 Å². The molecule has 2 atom stereocenters. The first kappa shape index (κ1) is 18.4. The molecule has 3 rings (SSSR count). The number of amides is 1. The van der Waals surface area contributed by atoms with Gasteiger partial charge in [-0.05, 0) is 25.7 Å². The van der Waals surface area contributed by atoms with Crippen molar-refractivity contribution in [2.45, 2.75) is 12.1 Å². The van der Waals surface area contributed by atoms with Crippen LogP contribution in [0.15, 0.2) is 48.8 Å². The van der Waals surface area contributed by atoms with Gasteiger partial charge in [-0.1, -0.05) is 30.3 Å². The first-order valence-electron chi connectivity index (χ1n) is 8.83. The molecule has 0 saturated carbocycles. The van der Waals surface area contributed by atoms with E-state index in [1.54, 1.807) is 10.8 Å². The molecule has 1 saturated heterocycles. The SMILES string of the molecule is CN(C)C[C@@H]1OCCN(C(=O)C=Cc2ccccc2)[C@H]1c1cnn(C)c1. The van der Waals surface area contributed by atoms with E-state index in [2.05, 4.69) is 10.00 Å². The monoisotopic (exact) mass is 354 g/mol. The molecular weight excluding hydrogens is 328 g/mol. The predicted molar refractivity (Wildman–Crippen MR) is 101 cm³/mol. The van der Waals surface area contributed by atoms with Gasteiger partial charge in [-0.2, -0.15) is 5.10 Å². The Bertz CT molecular complexity index is 754. The van der Waals surface area contributed by atoms with E-state index in [-0.39, 0.29) is 18.1 Å².